The quantitative estimate of drug-likeness (QED) is 0.878. The maximum Gasteiger partial charge on any atom is 0.311 e. The van der Waals surface area contributed by atoms with Gasteiger partial charge >= 0.3 is 5.97 Å². The zero-order valence-electron chi connectivity index (χ0n) is 9.92. The average Bonchev–Trinajstić information content (AvgIpc) is 2.35. The summed E-state index contributed by atoms with van der Waals surface area (Å²) in [4.78, 5) is 17.2. The minimum atomic E-state index is -0.868. The standard InChI is InChI=1S/C14H12N2O2/c1-16-11-7-3-5-9-4-2-6-10(14(9)11)15-12(16)8-13(17)18/h2-7H,8H2,1H3,(H,17,18). The molecule has 0 atom stereocenters. The van der Waals surface area contributed by atoms with E-state index in [9.17, 15) is 4.79 Å². The van der Waals surface area contributed by atoms with Crippen molar-refractivity contribution in [1.82, 2.24) is 0 Å². The summed E-state index contributed by atoms with van der Waals surface area (Å²) >= 11 is 0. The number of carbonyl (C=O) groups is 1. The molecule has 2 aromatic carbocycles. The molecule has 3 rings (SSSR count). The summed E-state index contributed by atoms with van der Waals surface area (Å²) in [7, 11) is 1.85. The van der Waals surface area contributed by atoms with E-state index in [0.717, 1.165) is 22.1 Å². The van der Waals surface area contributed by atoms with Crippen LogP contribution in [0.5, 0.6) is 0 Å². The van der Waals surface area contributed by atoms with Crippen LogP contribution in [0.4, 0.5) is 11.4 Å². The molecule has 0 bridgehead atoms. The number of aliphatic carboxylic acids is 1. The molecular formula is C14H12N2O2. The molecule has 0 amide bonds. The van der Waals surface area contributed by atoms with Crippen molar-refractivity contribution < 1.29 is 9.90 Å². The summed E-state index contributed by atoms with van der Waals surface area (Å²) in [6.45, 7) is 0. The van der Waals surface area contributed by atoms with E-state index >= 15 is 0 Å². The summed E-state index contributed by atoms with van der Waals surface area (Å²) in [6.07, 6.45) is -0.0682. The Kier molecular flexibility index (Phi) is 2.30. The lowest BCUT2D eigenvalue weighted by Gasteiger charge is -2.26. The Bertz CT molecular complexity index is 671. The van der Waals surface area contributed by atoms with Gasteiger partial charge in [-0.3, -0.25) is 4.79 Å². The van der Waals surface area contributed by atoms with Gasteiger partial charge in [-0.05, 0) is 17.5 Å². The Morgan fingerprint density at radius 3 is 2.72 bits per heavy atom. The lowest BCUT2D eigenvalue weighted by Crippen LogP contribution is -2.30. The molecule has 1 aliphatic rings. The van der Waals surface area contributed by atoms with Crippen LogP contribution in [0.3, 0.4) is 0 Å². The number of rotatable bonds is 2. The minimum absolute atomic E-state index is 0.0682. The fourth-order valence-electron chi connectivity index (χ4n) is 2.32. The lowest BCUT2D eigenvalue weighted by molar-refractivity contribution is -0.135. The molecular weight excluding hydrogens is 228 g/mol. The van der Waals surface area contributed by atoms with E-state index in [1.54, 1.807) is 0 Å². The van der Waals surface area contributed by atoms with Crippen molar-refractivity contribution in [1.29, 1.82) is 0 Å². The van der Waals surface area contributed by atoms with E-state index in [4.69, 9.17) is 5.11 Å². The number of hydrogen-bond acceptors (Lipinski definition) is 3. The summed E-state index contributed by atoms with van der Waals surface area (Å²) in [6, 6.07) is 11.9. The molecule has 0 aliphatic carbocycles. The molecule has 0 saturated heterocycles. The van der Waals surface area contributed by atoms with Crippen molar-refractivity contribution in [2.75, 3.05) is 11.9 Å². The van der Waals surface area contributed by atoms with Crippen molar-refractivity contribution in [3.63, 3.8) is 0 Å². The molecule has 0 unspecified atom stereocenters. The van der Waals surface area contributed by atoms with Crippen molar-refractivity contribution in [3.8, 4) is 0 Å². The van der Waals surface area contributed by atoms with Gasteiger partial charge in [0, 0.05) is 12.4 Å². The van der Waals surface area contributed by atoms with Gasteiger partial charge in [0.25, 0.3) is 0 Å². The van der Waals surface area contributed by atoms with Gasteiger partial charge < -0.3 is 10.0 Å². The zero-order valence-corrected chi connectivity index (χ0v) is 9.92. The van der Waals surface area contributed by atoms with E-state index < -0.39 is 5.97 Å². The maximum atomic E-state index is 10.9. The third kappa shape index (κ3) is 1.54. The van der Waals surface area contributed by atoms with Crippen LogP contribution in [0.2, 0.25) is 0 Å². The van der Waals surface area contributed by atoms with E-state index in [0.29, 0.717) is 5.84 Å². The topological polar surface area (TPSA) is 52.9 Å². The van der Waals surface area contributed by atoms with E-state index in [1.807, 2.05) is 48.3 Å². The van der Waals surface area contributed by atoms with Crippen LogP contribution in [0.1, 0.15) is 6.42 Å². The van der Waals surface area contributed by atoms with Crippen LogP contribution < -0.4 is 4.90 Å². The molecule has 18 heavy (non-hydrogen) atoms. The Morgan fingerprint density at radius 1 is 1.28 bits per heavy atom. The van der Waals surface area contributed by atoms with Crippen LogP contribution >= 0.6 is 0 Å². The van der Waals surface area contributed by atoms with Gasteiger partial charge in [0.15, 0.2) is 0 Å². The number of hydrogen-bond donors (Lipinski definition) is 1. The zero-order chi connectivity index (χ0) is 12.7. The molecule has 4 nitrogen and oxygen atoms in total. The molecule has 90 valence electrons. The Morgan fingerprint density at radius 2 is 2.00 bits per heavy atom. The second kappa shape index (κ2) is 3.84. The van der Waals surface area contributed by atoms with Crippen molar-refractivity contribution in [3.05, 3.63) is 36.4 Å². The Hall–Kier alpha value is -2.36. The number of carboxylic acid groups (broad SMARTS) is 1. The number of aliphatic imine (C=N–C) groups is 1. The van der Waals surface area contributed by atoms with E-state index in [1.165, 1.54) is 0 Å². The van der Waals surface area contributed by atoms with Gasteiger partial charge in [0.2, 0.25) is 0 Å². The first-order valence-electron chi connectivity index (χ1n) is 5.71. The Labute approximate surface area is 104 Å². The number of amidine groups is 1. The fourth-order valence-corrected chi connectivity index (χ4v) is 2.32. The maximum absolute atomic E-state index is 10.9. The monoisotopic (exact) mass is 240 g/mol. The molecule has 0 saturated carbocycles. The van der Waals surface area contributed by atoms with Gasteiger partial charge in [0.05, 0.1) is 11.4 Å². The molecule has 1 heterocycles. The molecule has 0 radical (unpaired) electrons. The molecule has 4 heteroatoms. The number of benzene rings is 2. The number of carboxylic acids is 1. The molecule has 0 aromatic heterocycles. The normalized spacial score (nSPS) is 13.6. The first-order chi connectivity index (χ1) is 8.66. The number of nitrogens with zero attached hydrogens (tertiary/aromatic N) is 2. The average molecular weight is 240 g/mol. The largest absolute Gasteiger partial charge is 0.481 e. The van der Waals surface area contributed by atoms with Crippen LogP contribution in [0.25, 0.3) is 10.8 Å². The van der Waals surface area contributed by atoms with Gasteiger partial charge in [0.1, 0.15) is 12.3 Å². The van der Waals surface area contributed by atoms with Crippen LogP contribution in [0, 0.1) is 0 Å². The summed E-state index contributed by atoms with van der Waals surface area (Å²) < 4.78 is 0. The van der Waals surface area contributed by atoms with Gasteiger partial charge in [-0.1, -0.05) is 24.3 Å². The van der Waals surface area contributed by atoms with Crippen molar-refractivity contribution in [2.45, 2.75) is 6.42 Å². The minimum Gasteiger partial charge on any atom is -0.481 e. The molecule has 0 fully saturated rings. The highest BCUT2D eigenvalue weighted by atomic mass is 16.4. The predicted octanol–water partition coefficient (Wildman–Crippen LogP) is 2.79. The van der Waals surface area contributed by atoms with Crippen LogP contribution in [-0.2, 0) is 4.79 Å². The molecule has 1 aliphatic heterocycles. The van der Waals surface area contributed by atoms with Crippen LogP contribution in [0.15, 0.2) is 41.4 Å². The summed E-state index contributed by atoms with van der Waals surface area (Å²) in [5, 5.41) is 11.1. The summed E-state index contributed by atoms with van der Waals surface area (Å²) in [5.74, 6) is -0.305. The third-order valence-electron chi connectivity index (χ3n) is 3.17. The van der Waals surface area contributed by atoms with E-state index in [2.05, 4.69) is 4.99 Å². The Balaban J connectivity index is 2.25. The first-order valence-corrected chi connectivity index (χ1v) is 5.71. The van der Waals surface area contributed by atoms with Crippen molar-refractivity contribution >= 4 is 34.0 Å². The first kappa shape index (κ1) is 10.8. The molecule has 0 spiro atoms. The predicted molar refractivity (Wildman–Crippen MR) is 71.7 cm³/mol. The molecule has 2 aromatic rings. The molecule has 1 N–H and O–H groups in total. The second-order valence-electron chi connectivity index (χ2n) is 4.31. The highest BCUT2D eigenvalue weighted by molar-refractivity contribution is 6.17. The van der Waals surface area contributed by atoms with Gasteiger partial charge in [-0.15, -0.1) is 0 Å². The smallest absolute Gasteiger partial charge is 0.311 e. The van der Waals surface area contributed by atoms with Gasteiger partial charge in [-0.25, -0.2) is 4.99 Å². The summed E-state index contributed by atoms with van der Waals surface area (Å²) in [5.41, 5.74) is 1.85. The lowest BCUT2D eigenvalue weighted by atomic mass is 10.0. The van der Waals surface area contributed by atoms with Crippen molar-refractivity contribution in [2.24, 2.45) is 4.99 Å². The van der Waals surface area contributed by atoms with Gasteiger partial charge in [-0.2, -0.15) is 0 Å². The highest BCUT2D eigenvalue weighted by Gasteiger charge is 2.20. The van der Waals surface area contributed by atoms with Crippen LogP contribution in [-0.4, -0.2) is 24.0 Å². The number of anilines is 1. The second-order valence-corrected chi connectivity index (χ2v) is 4.31. The van der Waals surface area contributed by atoms with E-state index in [-0.39, 0.29) is 6.42 Å². The highest BCUT2D eigenvalue weighted by Crippen LogP contribution is 2.38. The fraction of sp³-hybridized carbons (Fsp3) is 0.143. The third-order valence-corrected chi connectivity index (χ3v) is 3.17. The SMILES string of the molecule is CN1C(CC(=O)O)=Nc2cccc3cccc1c23.